The Morgan fingerprint density at radius 2 is 2.00 bits per heavy atom. The highest BCUT2D eigenvalue weighted by Gasteiger charge is 2.51. The molecule has 0 radical (unpaired) electrons. The Labute approximate surface area is 108 Å². The normalized spacial score (nSPS) is 23.4. The summed E-state index contributed by atoms with van der Waals surface area (Å²) in [7, 11) is 0. The summed E-state index contributed by atoms with van der Waals surface area (Å²) in [4.78, 5) is 24.1. The summed E-state index contributed by atoms with van der Waals surface area (Å²) in [5.41, 5.74) is -0.662. The molecule has 0 bridgehead atoms. The van der Waals surface area contributed by atoms with Crippen LogP contribution < -0.4 is 5.32 Å². The number of nitrogens with one attached hydrogen (secondary N) is 1. The fourth-order valence-corrected chi connectivity index (χ4v) is 2.54. The van der Waals surface area contributed by atoms with Crippen molar-refractivity contribution in [1.82, 2.24) is 10.3 Å². The van der Waals surface area contributed by atoms with Crippen molar-refractivity contribution in [3.63, 3.8) is 0 Å². The maximum atomic E-state index is 12.3. The van der Waals surface area contributed by atoms with Crippen molar-refractivity contribution in [2.75, 3.05) is 0 Å². The Morgan fingerprint density at radius 3 is 2.61 bits per heavy atom. The number of nitrogens with zero attached hydrogens (tertiary/aromatic N) is 2. The maximum absolute atomic E-state index is 12.3. The Kier molecular flexibility index (Phi) is 3.68. The van der Waals surface area contributed by atoms with Gasteiger partial charge in [0.1, 0.15) is 5.54 Å². The molecule has 3 amide bonds. The number of hydrazone groups is 1. The number of carbonyl (C=O) groups is 2. The van der Waals surface area contributed by atoms with E-state index in [1.165, 1.54) is 0 Å². The second-order valence-electron chi connectivity index (χ2n) is 5.62. The van der Waals surface area contributed by atoms with Gasteiger partial charge in [-0.3, -0.25) is 4.79 Å². The van der Waals surface area contributed by atoms with Crippen LogP contribution in [0.3, 0.4) is 0 Å². The van der Waals surface area contributed by atoms with E-state index in [2.05, 4.69) is 24.3 Å². The SMILES string of the molecule is CC(C)CC=NN1C(=O)NC2(CCCCC2)C1=O. The number of hydrogen-bond donors (Lipinski definition) is 1. The minimum Gasteiger partial charge on any atom is -0.321 e. The van der Waals surface area contributed by atoms with Crippen molar-refractivity contribution >= 4 is 18.2 Å². The highest BCUT2D eigenvalue weighted by atomic mass is 16.2. The Balaban J connectivity index is 2.07. The van der Waals surface area contributed by atoms with Crippen molar-refractivity contribution in [3.05, 3.63) is 0 Å². The zero-order chi connectivity index (χ0) is 13.2. The molecule has 0 atom stereocenters. The van der Waals surface area contributed by atoms with E-state index >= 15 is 0 Å². The number of urea groups is 1. The average molecular weight is 251 g/mol. The molecule has 1 saturated heterocycles. The molecule has 1 aliphatic heterocycles. The molecule has 18 heavy (non-hydrogen) atoms. The number of amides is 3. The fraction of sp³-hybridized carbons (Fsp3) is 0.769. The van der Waals surface area contributed by atoms with E-state index < -0.39 is 5.54 Å². The highest BCUT2D eigenvalue weighted by Crippen LogP contribution is 2.33. The van der Waals surface area contributed by atoms with Crippen LogP contribution >= 0.6 is 0 Å². The van der Waals surface area contributed by atoms with Gasteiger partial charge in [0.15, 0.2) is 0 Å². The van der Waals surface area contributed by atoms with E-state index in [9.17, 15) is 9.59 Å². The Morgan fingerprint density at radius 1 is 1.33 bits per heavy atom. The van der Waals surface area contributed by atoms with Crippen molar-refractivity contribution in [3.8, 4) is 0 Å². The molecule has 1 N–H and O–H groups in total. The van der Waals surface area contributed by atoms with Crippen LogP contribution in [-0.4, -0.2) is 28.7 Å². The molecule has 1 heterocycles. The lowest BCUT2D eigenvalue weighted by molar-refractivity contribution is -0.132. The van der Waals surface area contributed by atoms with Gasteiger partial charge in [0.25, 0.3) is 5.91 Å². The van der Waals surface area contributed by atoms with E-state index in [-0.39, 0.29) is 11.9 Å². The molecule has 2 aliphatic rings. The van der Waals surface area contributed by atoms with Crippen LogP contribution in [0, 0.1) is 5.92 Å². The van der Waals surface area contributed by atoms with E-state index in [1.54, 1.807) is 6.21 Å². The minimum atomic E-state index is -0.662. The summed E-state index contributed by atoms with van der Waals surface area (Å²) >= 11 is 0. The molecule has 5 heteroatoms. The van der Waals surface area contributed by atoms with Gasteiger partial charge in [0.05, 0.1) is 0 Å². The second kappa shape index (κ2) is 5.08. The van der Waals surface area contributed by atoms with Crippen LogP contribution in [-0.2, 0) is 4.79 Å². The summed E-state index contributed by atoms with van der Waals surface area (Å²) in [5.74, 6) is 0.297. The third-order valence-corrected chi connectivity index (χ3v) is 3.62. The Bertz CT molecular complexity index is 370. The van der Waals surface area contributed by atoms with E-state index in [4.69, 9.17) is 0 Å². The zero-order valence-corrected chi connectivity index (χ0v) is 11.1. The van der Waals surface area contributed by atoms with Crippen molar-refractivity contribution < 1.29 is 9.59 Å². The van der Waals surface area contributed by atoms with Gasteiger partial charge in [0.2, 0.25) is 0 Å². The molecule has 0 aromatic carbocycles. The summed E-state index contributed by atoms with van der Waals surface area (Å²) in [6.07, 6.45) is 7.04. The first-order valence-corrected chi connectivity index (χ1v) is 6.74. The predicted octanol–water partition coefficient (Wildman–Crippen LogP) is 2.27. The second-order valence-corrected chi connectivity index (χ2v) is 5.62. The van der Waals surface area contributed by atoms with Crippen LogP contribution in [0.25, 0.3) is 0 Å². The molecule has 1 saturated carbocycles. The number of carbonyl (C=O) groups excluding carboxylic acids is 2. The van der Waals surface area contributed by atoms with E-state index in [1.807, 2.05) is 0 Å². The van der Waals surface area contributed by atoms with Gasteiger partial charge in [-0.1, -0.05) is 33.1 Å². The first-order valence-electron chi connectivity index (χ1n) is 6.74. The lowest BCUT2D eigenvalue weighted by Gasteiger charge is -2.29. The van der Waals surface area contributed by atoms with Crippen LogP contribution in [0.2, 0.25) is 0 Å². The molecule has 0 aromatic rings. The summed E-state index contributed by atoms with van der Waals surface area (Å²) in [5, 5.41) is 7.86. The van der Waals surface area contributed by atoms with Gasteiger partial charge in [-0.05, 0) is 25.2 Å². The number of imide groups is 1. The third kappa shape index (κ3) is 2.40. The predicted molar refractivity (Wildman–Crippen MR) is 69.1 cm³/mol. The van der Waals surface area contributed by atoms with Gasteiger partial charge in [0, 0.05) is 6.21 Å². The zero-order valence-electron chi connectivity index (χ0n) is 11.1. The van der Waals surface area contributed by atoms with Crippen molar-refractivity contribution in [2.24, 2.45) is 11.0 Å². The molecule has 100 valence electrons. The van der Waals surface area contributed by atoms with E-state index in [0.29, 0.717) is 5.92 Å². The highest BCUT2D eigenvalue weighted by molar-refractivity contribution is 6.07. The summed E-state index contributed by atoms with van der Waals surface area (Å²) in [6.45, 7) is 4.14. The van der Waals surface area contributed by atoms with Gasteiger partial charge < -0.3 is 5.32 Å². The Hall–Kier alpha value is -1.39. The van der Waals surface area contributed by atoms with Gasteiger partial charge >= 0.3 is 6.03 Å². The summed E-state index contributed by atoms with van der Waals surface area (Å²) < 4.78 is 0. The lowest BCUT2D eigenvalue weighted by Crippen LogP contribution is -2.48. The minimum absolute atomic E-state index is 0.174. The van der Waals surface area contributed by atoms with Crippen LogP contribution in [0.5, 0.6) is 0 Å². The number of hydrogen-bond acceptors (Lipinski definition) is 3. The fourth-order valence-electron chi connectivity index (χ4n) is 2.54. The monoisotopic (exact) mass is 251 g/mol. The first-order chi connectivity index (χ1) is 8.55. The molecule has 1 aliphatic carbocycles. The molecule has 5 nitrogen and oxygen atoms in total. The van der Waals surface area contributed by atoms with Gasteiger partial charge in [-0.15, -0.1) is 5.01 Å². The molecule has 0 unspecified atom stereocenters. The van der Waals surface area contributed by atoms with Crippen molar-refractivity contribution in [1.29, 1.82) is 0 Å². The molecular formula is C13H21N3O2. The molecule has 2 fully saturated rings. The smallest absolute Gasteiger partial charge is 0.321 e. The molecule has 2 rings (SSSR count). The average Bonchev–Trinajstić information content (AvgIpc) is 2.54. The molecule has 0 aromatic heterocycles. The van der Waals surface area contributed by atoms with Gasteiger partial charge in [-0.2, -0.15) is 5.10 Å². The summed E-state index contributed by atoms with van der Waals surface area (Å²) in [6, 6.07) is -0.373. The number of rotatable bonds is 3. The van der Waals surface area contributed by atoms with Gasteiger partial charge in [-0.25, -0.2) is 4.79 Å². The molecular weight excluding hydrogens is 230 g/mol. The first kappa shape index (κ1) is 13.1. The third-order valence-electron chi connectivity index (χ3n) is 3.62. The maximum Gasteiger partial charge on any atom is 0.346 e. The van der Waals surface area contributed by atoms with Crippen LogP contribution in [0.4, 0.5) is 4.79 Å². The van der Waals surface area contributed by atoms with Crippen LogP contribution in [0.1, 0.15) is 52.4 Å². The molecule has 1 spiro atoms. The topological polar surface area (TPSA) is 61.8 Å². The van der Waals surface area contributed by atoms with E-state index in [0.717, 1.165) is 43.5 Å². The quantitative estimate of drug-likeness (QED) is 0.618. The standard InChI is InChI=1S/C13H21N3O2/c1-10(2)6-9-14-16-11(17)13(15-12(16)18)7-4-3-5-8-13/h9-10H,3-8H2,1-2H3,(H,15,18). The van der Waals surface area contributed by atoms with Crippen LogP contribution in [0.15, 0.2) is 5.10 Å². The lowest BCUT2D eigenvalue weighted by atomic mass is 9.82. The van der Waals surface area contributed by atoms with Crippen molar-refractivity contribution in [2.45, 2.75) is 57.9 Å². The largest absolute Gasteiger partial charge is 0.346 e.